The van der Waals surface area contributed by atoms with Gasteiger partial charge in [0.05, 0.1) is 22.5 Å². The molecule has 0 saturated heterocycles. The Kier molecular flexibility index (Phi) is 7.96. The first-order chi connectivity index (χ1) is 14.3. The molecule has 3 aromatic carbocycles. The third-order valence-electron chi connectivity index (χ3n) is 4.41. The van der Waals surface area contributed by atoms with E-state index in [0.717, 1.165) is 17.4 Å². The van der Waals surface area contributed by atoms with Gasteiger partial charge in [-0.2, -0.15) is 10.2 Å². The quantitative estimate of drug-likeness (QED) is 0.499. The number of aromatic carboxylic acids is 2. The Balaban J connectivity index is 0.000000216. The molecular formula is C23H23N3O4. The summed E-state index contributed by atoms with van der Waals surface area (Å²) in [5.41, 5.74) is 9.84. The van der Waals surface area contributed by atoms with Crippen molar-refractivity contribution in [2.45, 2.75) is 20.4 Å². The second-order valence-electron chi connectivity index (χ2n) is 6.44. The van der Waals surface area contributed by atoms with Crippen molar-refractivity contribution in [2.24, 2.45) is 16.0 Å². The van der Waals surface area contributed by atoms with Crippen LogP contribution in [0, 0.1) is 13.8 Å². The maximum Gasteiger partial charge on any atom is 0.336 e. The van der Waals surface area contributed by atoms with Crippen LogP contribution in [-0.4, -0.2) is 22.2 Å². The smallest absolute Gasteiger partial charge is 0.336 e. The fourth-order valence-electron chi connectivity index (χ4n) is 2.54. The first-order valence-corrected chi connectivity index (χ1v) is 9.16. The number of carboxylic acid groups (broad SMARTS) is 2. The normalized spacial score (nSPS) is 10.4. The van der Waals surface area contributed by atoms with Crippen molar-refractivity contribution < 1.29 is 19.8 Å². The zero-order chi connectivity index (χ0) is 22.1. The molecule has 7 nitrogen and oxygen atoms in total. The number of rotatable bonds is 5. The Hall–Kier alpha value is -3.84. The Morgan fingerprint density at radius 1 is 0.867 bits per heavy atom. The lowest BCUT2D eigenvalue weighted by Gasteiger charge is -2.03. The van der Waals surface area contributed by atoms with Crippen LogP contribution < -0.4 is 5.73 Å². The summed E-state index contributed by atoms with van der Waals surface area (Å²) >= 11 is 0. The number of benzene rings is 3. The van der Waals surface area contributed by atoms with Crippen LogP contribution in [0.1, 0.15) is 37.4 Å². The lowest BCUT2D eigenvalue weighted by atomic mass is 10.0. The van der Waals surface area contributed by atoms with Gasteiger partial charge in [0, 0.05) is 6.54 Å². The highest BCUT2D eigenvalue weighted by Crippen LogP contribution is 2.23. The molecule has 0 heterocycles. The molecule has 0 unspecified atom stereocenters. The predicted molar refractivity (Wildman–Crippen MR) is 115 cm³/mol. The first kappa shape index (κ1) is 22.4. The summed E-state index contributed by atoms with van der Waals surface area (Å²) in [6.07, 6.45) is 0. The molecule has 0 aliphatic carbocycles. The second kappa shape index (κ2) is 10.6. The van der Waals surface area contributed by atoms with E-state index in [-0.39, 0.29) is 17.7 Å². The Labute approximate surface area is 174 Å². The molecule has 0 radical (unpaired) electrons. The van der Waals surface area contributed by atoms with Crippen LogP contribution >= 0.6 is 0 Å². The standard InChI is InChI=1S/C14H14N2.C9H9NO4/c1-11-7-6-10-14(12(11)2)16-15-13-8-4-3-5-9-13;10-4-6-2-1-5(8(11)12)3-7(6)9(13)14/h3-10H,1-2H3;1-3H,4,10H2,(H,11,12)(H,13,14)/b16-15+;. The van der Waals surface area contributed by atoms with Gasteiger partial charge in [0.25, 0.3) is 0 Å². The van der Waals surface area contributed by atoms with Crippen molar-refractivity contribution in [1.82, 2.24) is 0 Å². The number of nitrogens with zero attached hydrogens (tertiary/aromatic N) is 2. The van der Waals surface area contributed by atoms with E-state index in [1.54, 1.807) is 0 Å². The van der Waals surface area contributed by atoms with Gasteiger partial charge in [-0.25, -0.2) is 9.59 Å². The zero-order valence-electron chi connectivity index (χ0n) is 16.7. The summed E-state index contributed by atoms with van der Waals surface area (Å²) in [7, 11) is 0. The second-order valence-corrected chi connectivity index (χ2v) is 6.44. The summed E-state index contributed by atoms with van der Waals surface area (Å²) in [5, 5.41) is 25.9. The maximum absolute atomic E-state index is 10.7. The molecule has 0 aliphatic rings. The minimum Gasteiger partial charge on any atom is -0.478 e. The number of azo groups is 1. The van der Waals surface area contributed by atoms with Crippen LogP contribution in [0.2, 0.25) is 0 Å². The zero-order valence-corrected chi connectivity index (χ0v) is 16.7. The number of nitrogens with two attached hydrogens (primary N) is 1. The molecule has 3 aromatic rings. The lowest BCUT2D eigenvalue weighted by molar-refractivity contribution is 0.0695. The molecule has 3 rings (SSSR count). The summed E-state index contributed by atoms with van der Waals surface area (Å²) in [4.78, 5) is 21.3. The van der Waals surface area contributed by atoms with Crippen LogP contribution in [-0.2, 0) is 6.54 Å². The number of hydrogen-bond donors (Lipinski definition) is 3. The molecule has 0 aliphatic heterocycles. The van der Waals surface area contributed by atoms with Gasteiger partial charge in [0.2, 0.25) is 0 Å². The molecule has 0 amide bonds. The molecule has 30 heavy (non-hydrogen) atoms. The summed E-state index contributed by atoms with van der Waals surface area (Å²) in [5.74, 6) is -2.33. The molecule has 154 valence electrons. The van der Waals surface area contributed by atoms with Gasteiger partial charge in [0.1, 0.15) is 0 Å². The van der Waals surface area contributed by atoms with Crippen LogP contribution in [0.15, 0.2) is 77.0 Å². The number of aryl methyl sites for hydroxylation is 1. The van der Waals surface area contributed by atoms with Crippen molar-refractivity contribution in [2.75, 3.05) is 0 Å². The van der Waals surface area contributed by atoms with Gasteiger partial charge < -0.3 is 15.9 Å². The molecule has 0 aromatic heterocycles. The Bertz CT molecular complexity index is 1060. The highest BCUT2D eigenvalue weighted by atomic mass is 16.4. The molecule has 0 atom stereocenters. The fraction of sp³-hybridized carbons (Fsp3) is 0.130. The summed E-state index contributed by atoms with van der Waals surface area (Å²) < 4.78 is 0. The minimum absolute atomic E-state index is 0.0559. The van der Waals surface area contributed by atoms with E-state index < -0.39 is 11.9 Å². The van der Waals surface area contributed by atoms with E-state index in [4.69, 9.17) is 15.9 Å². The van der Waals surface area contributed by atoms with Crippen molar-refractivity contribution in [3.05, 3.63) is 94.5 Å². The molecule has 7 heteroatoms. The van der Waals surface area contributed by atoms with E-state index in [1.165, 1.54) is 23.3 Å². The SMILES string of the molecule is Cc1cccc(/N=N/c2ccccc2)c1C.NCc1ccc(C(=O)O)cc1C(=O)O. The molecule has 0 fully saturated rings. The third kappa shape index (κ3) is 6.08. The molecule has 0 spiro atoms. The van der Waals surface area contributed by atoms with E-state index in [0.29, 0.717) is 5.56 Å². The predicted octanol–water partition coefficient (Wildman–Crippen LogP) is 5.26. The van der Waals surface area contributed by atoms with Crippen LogP contribution in [0.5, 0.6) is 0 Å². The van der Waals surface area contributed by atoms with Crippen molar-refractivity contribution in [3.63, 3.8) is 0 Å². The van der Waals surface area contributed by atoms with Gasteiger partial charge in [-0.05, 0) is 60.9 Å². The van der Waals surface area contributed by atoms with Crippen molar-refractivity contribution in [3.8, 4) is 0 Å². The van der Waals surface area contributed by atoms with E-state index >= 15 is 0 Å². The van der Waals surface area contributed by atoms with Crippen molar-refractivity contribution in [1.29, 1.82) is 0 Å². The summed E-state index contributed by atoms with van der Waals surface area (Å²) in [6, 6.07) is 19.7. The topological polar surface area (TPSA) is 125 Å². The number of carbonyl (C=O) groups is 2. The molecular weight excluding hydrogens is 382 g/mol. The summed E-state index contributed by atoms with van der Waals surface area (Å²) in [6.45, 7) is 4.22. The minimum atomic E-state index is -1.17. The van der Waals surface area contributed by atoms with Crippen LogP contribution in [0.3, 0.4) is 0 Å². The average molecular weight is 405 g/mol. The number of carboxylic acids is 2. The van der Waals surface area contributed by atoms with Crippen LogP contribution in [0.25, 0.3) is 0 Å². The largest absolute Gasteiger partial charge is 0.478 e. The van der Waals surface area contributed by atoms with Gasteiger partial charge in [-0.15, -0.1) is 0 Å². The van der Waals surface area contributed by atoms with Gasteiger partial charge >= 0.3 is 11.9 Å². The third-order valence-corrected chi connectivity index (χ3v) is 4.41. The highest BCUT2D eigenvalue weighted by molar-refractivity contribution is 5.94. The lowest BCUT2D eigenvalue weighted by Crippen LogP contribution is -2.09. The average Bonchev–Trinajstić information content (AvgIpc) is 2.75. The molecule has 0 saturated carbocycles. The van der Waals surface area contributed by atoms with E-state index in [2.05, 4.69) is 30.1 Å². The Morgan fingerprint density at radius 3 is 2.17 bits per heavy atom. The van der Waals surface area contributed by atoms with E-state index in [9.17, 15) is 9.59 Å². The fourth-order valence-corrected chi connectivity index (χ4v) is 2.54. The highest BCUT2D eigenvalue weighted by Gasteiger charge is 2.12. The monoisotopic (exact) mass is 405 g/mol. The van der Waals surface area contributed by atoms with Gasteiger partial charge in [-0.3, -0.25) is 0 Å². The van der Waals surface area contributed by atoms with Gasteiger partial charge in [-0.1, -0.05) is 36.4 Å². The molecule has 0 bridgehead atoms. The Morgan fingerprint density at radius 2 is 1.57 bits per heavy atom. The van der Waals surface area contributed by atoms with Crippen LogP contribution in [0.4, 0.5) is 11.4 Å². The van der Waals surface area contributed by atoms with Gasteiger partial charge in [0.15, 0.2) is 0 Å². The maximum atomic E-state index is 10.7. The number of hydrogen-bond acceptors (Lipinski definition) is 5. The van der Waals surface area contributed by atoms with E-state index in [1.807, 2.05) is 42.5 Å². The first-order valence-electron chi connectivity index (χ1n) is 9.16. The molecule has 4 N–H and O–H groups in total. The van der Waals surface area contributed by atoms with Crippen molar-refractivity contribution >= 4 is 23.3 Å².